The van der Waals surface area contributed by atoms with Gasteiger partial charge in [-0.1, -0.05) is 35.0 Å². The van der Waals surface area contributed by atoms with Crippen molar-refractivity contribution in [3.8, 4) is 0 Å². The molecule has 0 aliphatic carbocycles. The number of nitrogens with one attached hydrogen (secondary N) is 1. The average Bonchev–Trinajstić information content (AvgIpc) is 3.03. The number of ketones is 1. The van der Waals surface area contributed by atoms with Crippen molar-refractivity contribution in [2.75, 3.05) is 11.1 Å². The Balaban J connectivity index is 1.58. The predicted octanol–water partition coefficient (Wildman–Crippen LogP) is 6.28. The zero-order valence-corrected chi connectivity index (χ0v) is 18.9. The number of aromatic nitrogens is 1. The van der Waals surface area contributed by atoms with Crippen LogP contribution in [0.4, 0.5) is 5.69 Å². The monoisotopic (exact) mass is 464 g/mol. The molecule has 0 fully saturated rings. The Morgan fingerprint density at radius 2 is 1.86 bits per heavy atom. The number of Topliss-reactive ketones (excluding diaryl/α,β-unsaturated/α-hetero) is 1. The largest absolute Gasteiger partial charge is 0.325 e. The van der Waals surface area contributed by atoms with Crippen molar-refractivity contribution in [3.63, 3.8) is 0 Å². The minimum atomic E-state index is -0.127. The quantitative estimate of drug-likeness (QED) is 0.330. The lowest BCUT2D eigenvalue weighted by Crippen LogP contribution is -2.14. The molecule has 0 aliphatic heterocycles. The summed E-state index contributed by atoms with van der Waals surface area (Å²) in [7, 11) is 0. The molecule has 1 heterocycles. The van der Waals surface area contributed by atoms with E-state index < -0.39 is 0 Å². The van der Waals surface area contributed by atoms with Crippen molar-refractivity contribution in [3.05, 3.63) is 74.2 Å². The molecule has 4 nitrogen and oxygen atoms in total. The van der Waals surface area contributed by atoms with E-state index in [1.807, 2.05) is 13.0 Å². The second kappa shape index (κ2) is 9.76. The van der Waals surface area contributed by atoms with E-state index in [0.29, 0.717) is 27.7 Å². The van der Waals surface area contributed by atoms with Crippen molar-refractivity contribution >= 4 is 63.7 Å². The highest BCUT2D eigenvalue weighted by Gasteiger charge is 2.13. The van der Waals surface area contributed by atoms with E-state index in [4.69, 9.17) is 23.2 Å². The number of hydrogen-bond donors (Lipinski definition) is 1. The molecule has 0 bridgehead atoms. The first kappa shape index (κ1) is 21.8. The molecule has 0 aliphatic rings. The number of benzene rings is 2. The van der Waals surface area contributed by atoms with Crippen LogP contribution in [0.15, 0.2) is 46.8 Å². The number of nitrogens with zero attached hydrogens (tertiary/aromatic N) is 1. The molecule has 3 rings (SSSR count). The van der Waals surface area contributed by atoms with Crippen LogP contribution in [0.1, 0.15) is 33.4 Å². The lowest BCUT2D eigenvalue weighted by Gasteiger charge is -2.05. The average molecular weight is 465 g/mol. The van der Waals surface area contributed by atoms with Gasteiger partial charge in [-0.2, -0.15) is 0 Å². The third-order valence-corrected chi connectivity index (χ3v) is 7.04. The van der Waals surface area contributed by atoms with Gasteiger partial charge >= 0.3 is 0 Å². The number of aryl methyl sites for hydroxylation is 1. The Hall–Kier alpha value is -1.86. The zero-order valence-electron chi connectivity index (χ0n) is 15.8. The van der Waals surface area contributed by atoms with Gasteiger partial charge in [-0.15, -0.1) is 11.3 Å². The summed E-state index contributed by atoms with van der Waals surface area (Å²) in [5, 5.41) is 4.15. The van der Waals surface area contributed by atoms with Gasteiger partial charge in [0.25, 0.3) is 0 Å². The van der Waals surface area contributed by atoms with Gasteiger partial charge in [0.05, 0.1) is 11.4 Å². The van der Waals surface area contributed by atoms with E-state index in [-0.39, 0.29) is 17.4 Å². The van der Waals surface area contributed by atoms with Crippen molar-refractivity contribution in [1.82, 2.24) is 4.98 Å². The van der Waals surface area contributed by atoms with Crippen LogP contribution in [0.2, 0.25) is 10.0 Å². The van der Waals surface area contributed by atoms with Crippen molar-refractivity contribution in [2.24, 2.45) is 0 Å². The molecule has 0 saturated carbocycles. The molecule has 0 radical (unpaired) electrons. The van der Waals surface area contributed by atoms with E-state index in [2.05, 4.69) is 10.3 Å². The number of thiazole rings is 1. The summed E-state index contributed by atoms with van der Waals surface area (Å²) in [4.78, 5) is 29.2. The molecule has 1 N–H and O–H groups in total. The standard InChI is InChI=1S/C21H18Cl2N2O2S2/c1-12-19(10-15-9-16(22)5-8-18(15)23)29-21(24-12)28-11-20(27)25-17-6-3-14(4-7-17)13(2)26/h3-9H,10-11H2,1-2H3,(H,25,27). The second-order valence-electron chi connectivity index (χ2n) is 6.37. The number of carbonyl (C=O) groups excluding carboxylic acids is 2. The van der Waals surface area contributed by atoms with Gasteiger partial charge in [-0.05, 0) is 61.9 Å². The Morgan fingerprint density at radius 1 is 1.14 bits per heavy atom. The van der Waals surface area contributed by atoms with Gasteiger partial charge in [0, 0.05) is 32.6 Å². The van der Waals surface area contributed by atoms with Crippen LogP contribution in [-0.2, 0) is 11.2 Å². The minimum absolute atomic E-state index is 0.00700. The maximum Gasteiger partial charge on any atom is 0.234 e. The summed E-state index contributed by atoms with van der Waals surface area (Å²) in [5.41, 5.74) is 3.15. The smallest absolute Gasteiger partial charge is 0.234 e. The molecule has 0 atom stereocenters. The summed E-state index contributed by atoms with van der Waals surface area (Å²) < 4.78 is 0.831. The number of hydrogen-bond acceptors (Lipinski definition) is 5. The fourth-order valence-corrected chi connectivity index (χ4v) is 5.03. The summed E-state index contributed by atoms with van der Waals surface area (Å²) >= 11 is 15.3. The molecule has 0 spiro atoms. The maximum atomic E-state index is 12.2. The summed E-state index contributed by atoms with van der Waals surface area (Å²) in [5.74, 6) is 0.115. The first-order chi connectivity index (χ1) is 13.8. The van der Waals surface area contributed by atoms with E-state index in [0.717, 1.165) is 20.5 Å². The first-order valence-corrected chi connectivity index (χ1v) is 11.3. The van der Waals surface area contributed by atoms with Crippen LogP contribution >= 0.6 is 46.3 Å². The Kier molecular flexibility index (Phi) is 7.35. The lowest BCUT2D eigenvalue weighted by molar-refractivity contribution is -0.113. The van der Waals surface area contributed by atoms with Gasteiger partial charge in [-0.3, -0.25) is 9.59 Å². The molecule has 8 heteroatoms. The van der Waals surface area contributed by atoms with Gasteiger partial charge in [0.15, 0.2) is 10.1 Å². The fraction of sp³-hybridized carbons (Fsp3) is 0.190. The van der Waals surface area contributed by atoms with E-state index in [9.17, 15) is 9.59 Å². The molecular formula is C21H18Cl2N2O2S2. The number of thioether (sulfide) groups is 1. The number of anilines is 1. The van der Waals surface area contributed by atoms with Crippen molar-refractivity contribution < 1.29 is 9.59 Å². The van der Waals surface area contributed by atoms with Crippen LogP contribution in [-0.4, -0.2) is 22.4 Å². The summed E-state index contributed by atoms with van der Waals surface area (Å²) in [6.45, 7) is 3.46. The molecule has 1 amide bonds. The Labute approximate surface area is 187 Å². The van der Waals surface area contributed by atoms with Crippen LogP contribution < -0.4 is 5.32 Å². The number of rotatable bonds is 7. The SMILES string of the molecule is CC(=O)c1ccc(NC(=O)CSc2nc(C)c(Cc3cc(Cl)ccc3Cl)s2)cc1. The number of carbonyl (C=O) groups is 2. The fourth-order valence-electron chi connectivity index (χ4n) is 2.59. The lowest BCUT2D eigenvalue weighted by atomic mass is 10.1. The van der Waals surface area contributed by atoms with E-state index in [1.54, 1.807) is 47.7 Å². The van der Waals surface area contributed by atoms with Crippen LogP contribution in [0.25, 0.3) is 0 Å². The third-order valence-electron chi connectivity index (χ3n) is 4.13. The second-order valence-corrected chi connectivity index (χ2v) is 9.52. The van der Waals surface area contributed by atoms with E-state index in [1.165, 1.54) is 18.7 Å². The van der Waals surface area contributed by atoms with Crippen LogP contribution in [0, 0.1) is 6.92 Å². The number of halogens is 2. The summed E-state index contributed by atoms with van der Waals surface area (Å²) in [6.07, 6.45) is 0.651. The molecule has 2 aromatic carbocycles. The highest BCUT2D eigenvalue weighted by Crippen LogP contribution is 2.31. The van der Waals surface area contributed by atoms with Crippen molar-refractivity contribution in [1.29, 1.82) is 0 Å². The normalized spacial score (nSPS) is 10.8. The minimum Gasteiger partial charge on any atom is -0.325 e. The first-order valence-electron chi connectivity index (χ1n) is 8.75. The highest BCUT2D eigenvalue weighted by atomic mass is 35.5. The van der Waals surface area contributed by atoms with Crippen LogP contribution in [0.3, 0.4) is 0 Å². The molecule has 3 aromatic rings. The number of amides is 1. The molecule has 1 aromatic heterocycles. The molecule has 0 unspecified atom stereocenters. The van der Waals surface area contributed by atoms with Gasteiger partial charge in [-0.25, -0.2) is 4.98 Å². The molecule has 150 valence electrons. The Bertz CT molecular complexity index is 1050. The van der Waals surface area contributed by atoms with Crippen molar-refractivity contribution in [2.45, 2.75) is 24.6 Å². The molecule has 0 saturated heterocycles. The topological polar surface area (TPSA) is 59.1 Å². The molecule has 29 heavy (non-hydrogen) atoms. The molecular weight excluding hydrogens is 447 g/mol. The van der Waals surface area contributed by atoms with Gasteiger partial charge in [0.2, 0.25) is 5.91 Å². The summed E-state index contributed by atoms with van der Waals surface area (Å²) in [6, 6.07) is 12.3. The third kappa shape index (κ3) is 6.06. The van der Waals surface area contributed by atoms with E-state index >= 15 is 0 Å². The zero-order chi connectivity index (χ0) is 21.0. The predicted molar refractivity (Wildman–Crippen MR) is 122 cm³/mol. The maximum absolute atomic E-state index is 12.2. The van der Waals surface area contributed by atoms with Gasteiger partial charge < -0.3 is 5.32 Å². The van der Waals surface area contributed by atoms with Gasteiger partial charge in [0.1, 0.15) is 0 Å². The Morgan fingerprint density at radius 3 is 2.55 bits per heavy atom. The highest BCUT2D eigenvalue weighted by molar-refractivity contribution is 8.01. The van der Waals surface area contributed by atoms with Crippen LogP contribution in [0.5, 0.6) is 0 Å².